The first kappa shape index (κ1) is 6.66. The Morgan fingerprint density at radius 1 is 1.09 bits per heavy atom. The molecule has 0 heteroatoms. The molecule has 0 nitrogen and oxygen atoms in total. The van der Waals surface area contributed by atoms with Gasteiger partial charge in [-0.1, -0.05) is 24.8 Å². The highest BCUT2D eigenvalue weighted by Crippen LogP contribution is 2.30. The number of rotatable bonds is 0. The van der Waals surface area contributed by atoms with Gasteiger partial charge in [-0.2, -0.15) is 0 Å². The van der Waals surface area contributed by atoms with E-state index in [2.05, 4.69) is 31.7 Å². The van der Waals surface area contributed by atoms with Crippen LogP contribution in [-0.2, 0) is 0 Å². The van der Waals surface area contributed by atoms with E-state index in [0.717, 1.165) is 0 Å². The summed E-state index contributed by atoms with van der Waals surface area (Å²) in [5.74, 6) is 0. The average Bonchev–Trinajstić information content (AvgIpc) is 2.30. The summed E-state index contributed by atoms with van der Waals surface area (Å²) in [4.78, 5) is 0. The summed E-state index contributed by atoms with van der Waals surface area (Å²) >= 11 is 0. The topological polar surface area (TPSA) is 0 Å². The van der Waals surface area contributed by atoms with Gasteiger partial charge >= 0.3 is 0 Å². The van der Waals surface area contributed by atoms with E-state index in [1.807, 2.05) is 0 Å². The number of allylic oxidation sites excluding steroid dienone is 7. The van der Waals surface area contributed by atoms with E-state index in [9.17, 15) is 0 Å². The van der Waals surface area contributed by atoms with Gasteiger partial charge in [-0.15, -0.1) is 0 Å². The molecule has 2 rings (SSSR count). The van der Waals surface area contributed by atoms with Gasteiger partial charge in [0.15, 0.2) is 0 Å². The van der Waals surface area contributed by atoms with Crippen molar-refractivity contribution < 1.29 is 0 Å². The maximum atomic E-state index is 4.00. The van der Waals surface area contributed by atoms with Crippen LogP contribution >= 0.6 is 0 Å². The van der Waals surface area contributed by atoms with Crippen molar-refractivity contribution in [3.05, 3.63) is 47.1 Å². The zero-order chi connectivity index (χ0) is 7.84. The molecule has 0 saturated heterocycles. The van der Waals surface area contributed by atoms with Crippen LogP contribution in [0.5, 0.6) is 0 Å². The quantitative estimate of drug-likeness (QED) is 0.490. The third kappa shape index (κ3) is 1.09. The minimum absolute atomic E-state index is 1.17. The van der Waals surface area contributed by atoms with Crippen LogP contribution in [0.25, 0.3) is 0 Å². The Labute approximate surface area is 67.6 Å². The monoisotopic (exact) mass is 144 g/mol. The summed E-state index contributed by atoms with van der Waals surface area (Å²) in [6, 6.07) is 0. The van der Waals surface area contributed by atoms with Gasteiger partial charge in [0, 0.05) is 0 Å². The summed E-state index contributed by atoms with van der Waals surface area (Å²) < 4.78 is 0. The van der Waals surface area contributed by atoms with Crippen LogP contribution in [0.3, 0.4) is 0 Å². The molecule has 0 aliphatic heterocycles. The summed E-state index contributed by atoms with van der Waals surface area (Å²) in [5.41, 5.74) is 5.39. The van der Waals surface area contributed by atoms with E-state index >= 15 is 0 Å². The van der Waals surface area contributed by atoms with Crippen molar-refractivity contribution in [3.63, 3.8) is 0 Å². The molecular formula is C11H12. The summed E-state index contributed by atoms with van der Waals surface area (Å²) in [7, 11) is 0. The number of fused-ring (bicyclic) bond motifs is 1. The standard InChI is InChI=1S/C11H12/c1-8-5-10-3-4-11(7-10)6-9(8)2/h5-7H,1,3-4H2,2H3. The van der Waals surface area contributed by atoms with Gasteiger partial charge in [0.2, 0.25) is 0 Å². The Balaban J connectivity index is 2.48. The molecule has 0 aromatic carbocycles. The first-order valence-electron chi connectivity index (χ1n) is 4.04. The highest BCUT2D eigenvalue weighted by Gasteiger charge is 2.11. The first-order chi connectivity index (χ1) is 5.25. The zero-order valence-corrected chi connectivity index (χ0v) is 6.85. The van der Waals surface area contributed by atoms with Crippen LogP contribution in [-0.4, -0.2) is 0 Å². The highest BCUT2D eigenvalue weighted by atomic mass is 14.2. The van der Waals surface area contributed by atoms with Crippen LogP contribution in [0.4, 0.5) is 0 Å². The molecule has 2 aliphatic rings. The number of hydrogen-bond donors (Lipinski definition) is 0. The van der Waals surface area contributed by atoms with Crippen LogP contribution in [0, 0.1) is 0 Å². The van der Waals surface area contributed by atoms with Crippen LogP contribution in [0.2, 0.25) is 0 Å². The SMILES string of the molecule is C=C1C=C2C=C(C=C1C)CC2. The lowest BCUT2D eigenvalue weighted by atomic mass is 10.0. The molecular weight excluding hydrogens is 132 g/mol. The third-order valence-corrected chi connectivity index (χ3v) is 2.34. The average molecular weight is 144 g/mol. The second kappa shape index (κ2) is 2.23. The van der Waals surface area contributed by atoms with E-state index in [4.69, 9.17) is 0 Å². The molecule has 0 unspecified atom stereocenters. The van der Waals surface area contributed by atoms with Gasteiger partial charge in [0.25, 0.3) is 0 Å². The molecule has 2 bridgehead atoms. The fraction of sp³-hybridized carbons (Fsp3) is 0.273. The van der Waals surface area contributed by atoms with Gasteiger partial charge in [-0.3, -0.25) is 0 Å². The van der Waals surface area contributed by atoms with E-state index in [-0.39, 0.29) is 0 Å². The first-order valence-corrected chi connectivity index (χ1v) is 4.04. The Morgan fingerprint density at radius 2 is 1.73 bits per heavy atom. The van der Waals surface area contributed by atoms with Crippen molar-refractivity contribution >= 4 is 0 Å². The molecule has 0 radical (unpaired) electrons. The summed E-state index contributed by atoms with van der Waals surface area (Å²) in [6.07, 6.45) is 9.15. The molecule has 0 spiro atoms. The maximum Gasteiger partial charge on any atom is -0.0238 e. The predicted octanol–water partition coefficient (Wildman–Crippen LogP) is 3.15. The van der Waals surface area contributed by atoms with Gasteiger partial charge < -0.3 is 0 Å². The molecule has 0 heterocycles. The Kier molecular flexibility index (Phi) is 1.35. The minimum atomic E-state index is 1.17. The molecule has 2 aliphatic carbocycles. The Morgan fingerprint density at radius 3 is 2.45 bits per heavy atom. The molecule has 0 amide bonds. The van der Waals surface area contributed by atoms with Gasteiger partial charge in [-0.05, 0) is 42.1 Å². The lowest BCUT2D eigenvalue weighted by Crippen LogP contribution is -1.83. The van der Waals surface area contributed by atoms with E-state index in [0.29, 0.717) is 0 Å². The van der Waals surface area contributed by atoms with E-state index in [1.165, 1.54) is 35.1 Å². The molecule has 0 atom stereocenters. The van der Waals surface area contributed by atoms with Crippen molar-refractivity contribution in [2.75, 3.05) is 0 Å². The Bertz CT molecular complexity index is 296. The second-order valence-electron chi connectivity index (χ2n) is 3.29. The van der Waals surface area contributed by atoms with Crippen molar-refractivity contribution in [3.8, 4) is 0 Å². The fourth-order valence-corrected chi connectivity index (χ4v) is 1.61. The number of hydrogen-bond acceptors (Lipinski definition) is 0. The van der Waals surface area contributed by atoms with Crippen LogP contribution in [0.15, 0.2) is 47.1 Å². The highest BCUT2D eigenvalue weighted by molar-refractivity contribution is 5.51. The molecule has 0 N–H and O–H groups in total. The van der Waals surface area contributed by atoms with Crippen LogP contribution in [0.1, 0.15) is 19.8 Å². The van der Waals surface area contributed by atoms with Crippen molar-refractivity contribution in [2.45, 2.75) is 19.8 Å². The van der Waals surface area contributed by atoms with Crippen LogP contribution < -0.4 is 0 Å². The van der Waals surface area contributed by atoms with Gasteiger partial charge in [0.1, 0.15) is 0 Å². The summed E-state index contributed by atoms with van der Waals surface area (Å²) in [6.45, 7) is 6.12. The van der Waals surface area contributed by atoms with E-state index < -0.39 is 0 Å². The van der Waals surface area contributed by atoms with E-state index in [1.54, 1.807) is 0 Å². The van der Waals surface area contributed by atoms with Crippen molar-refractivity contribution in [2.24, 2.45) is 0 Å². The smallest absolute Gasteiger partial charge is 0.0238 e. The normalized spacial score (nSPS) is 22.3. The summed E-state index contributed by atoms with van der Waals surface area (Å²) in [5, 5.41) is 0. The molecule has 56 valence electrons. The predicted molar refractivity (Wildman–Crippen MR) is 48.3 cm³/mol. The molecule has 0 fully saturated rings. The van der Waals surface area contributed by atoms with Crippen molar-refractivity contribution in [1.82, 2.24) is 0 Å². The maximum absolute atomic E-state index is 4.00. The lowest BCUT2D eigenvalue weighted by Gasteiger charge is -2.02. The molecule has 0 aromatic rings. The fourth-order valence-electron chi connectivity index (χ4n) is 1.61. The van der Waals surface area contributed by atoms with Crippen molar-refractivity contribution in [1.29, 1.82) is 0 Å². The third-order valence-electron chi connectivity index (χ3n) is 2.34. The second-order valence-corrected chi connectivity index (χ2v) is 3.29. The van der Waals surface area contributed by atoms with Gasteiger partial charge in [0.05, 0.1) is 0 Å². The molecule has 11 heavy (non-hydrogen) atoms. The Hall–Kier alpha value is -1.04. The molecule has 0 saturated carbocycles. The zero-order valence-electron chi connectivity index (χ0n) is 6.85. The largest absolute Gasteiger partial charge is 0.0915 e. The minimum Gasteiger partial charge on any atom is -0.0915 e. The molecule has 0 aromatic heterocycles. The van der Waals surface area contributed by atoms with Gasteiger partial charge in [-0.25, -0.2) is 0 Å². The lowest BCUT2D eigenvalue weighted by molar-refractivity contribution is 1.02.